The third-order valence-electron chi connectivity index (χ3n) is 5.97. The molecule has 1 fully saturated rings. The lowest BCUT2D eigenvalue weighted by atomic mass is 9.96. The van der Waals surface area contributed by atoms with Crippen LogP contribution in [0, 0.1) is 29.6 Å². The molecule has 0 aliphatic carbocycles. The zero-order valence-corrected chi connectivity index (χ0v) is 21.1. The Morgan fingerprint density at radius 3 is 2.74 bits per heavy atom. The van der Waals surface area contributed by atoms with Crippen molar-refractivity contribution >= 4 is 23.3 Å². The van der Waals surface area contributed by atoms with E-state index in [9.17, 15) is 5.26 Å². The Kier molecular flexibility index (Phi) is 7.17. The zero-order valence-electron chi connectivity index (χ0n) is 21.1. The number of aromatic nitrogens is 5. The molecule has 1 aliphatic heterocycles. The lowest BCUT2D eigenvalue weighted by molar-refractivity contribution is 0.417. The molecule has 0 spiro atoms. The van der Waals surface area contributed by atoms with Gasteiger partial charge < -0.3 is 20.9 Å². The maximum absolute atomic E-state index is 10.1. The van der Waals surface area contributed by atoms with E-state index < -0.39 is 0 Å². The highest BCUT2D eigenvalue weighted by Gasteiger charge is 2.23. The molecule has 10 nitrogen and oxygen atoms in total. The third-order valence-corrected chi connectivity index (χ3v) is 5.97. The number of nitriles is 1. The summed E-state index contributed by atoms with van der Waals surface area (Å²) in [5, 5.41) is 27.2. The summed E-state index contributed by atoms with van der Waals surface area (Å²) in [5.74, 6) is 2.80. The molecule has 0 amide bonds. The maximum atomic E-state index is 10.1. The van der Waals surface area contributed by atoms with Crippen LogP contribution >= 0.6 is 0 Å². The van der Waals surface area contributed by atoms with Gasteiger partial charge in [0.1, 0.15) is 18.0 Å². The Hall–Kier alpha value is -3.71. The van der Waals surface area contributed by atoms with E-state index >= 15 is 0 Å². The van der Waals surface area contributed by atoms with Gasteiger partial charge in [-0.25, -0.2) is 4.98 Å². The second-order valence-electron chi connectivity index (χ2n) is 10.4. The van der Waals surface area contributed by atoms with Gasteiger partial charge in [0.25, 0.3) is 0 Å². The van der Waals surface area contributed by atoms with Crippen molar-refractivity contribution in [3.05, 3.63) is 35.7 Å². The summed E-state index contributed by atoms with van der Waals surface area (Å²) < 4.78 is 0. The minimum atomic E-state index is 0.0329. The molecule has 184 valence electrons. The van der Waals surface area contributed by atoms with E-state index in [0.717, 1.165) is 49.4 Å². The largest absolute Gasteiger partial charge is 0.358 e. The Balaban J connectivity index is 1.71. The first-order chi connectivity index (χ1) is 16.7. The number of aromatic amines is 1. The van der Waals surface area contributed by atoms with Gasteiger partial charge in [0.2, 0.25) is 5.95 Å². The van der Waals surface area contributed by atoms with Crippen LogP contribution in [0.15, 0.2) is 24.5 Å². The maximum Gasteiger partial charge on any atom is 0.226 e. The molecular weight excluding hydrogens is 440 g/mol. The summed E-state index contributed by atoms with van der Waals surface area (Å²) in [4.78, 5) is 15.8. The molecule has 1 atom stereocenters. The normalized spacial score (nSPS) is 15.6. The predicted molar refractivity (Wildman–Crippen MR) is 139 cm³/mol. The SMILES string of the molecule is Cc1ccc(-c2ncn[nH]2)cc1Nc1nc(NCC2CCNC2)nc(N(C)CC(C)(C)C)c1C#N. The number of hydrogen-bond donors (Lipinski definition) is 4. The van der Waals surface area contributed by atoms with Crippen LogP contribution in [0.1, 0.15) is 38.3 Å². The van der Waals surface area contributed by atoms with Crippen LogP contribution in [-0.4, -0.2) is 58.4 Å². The second-order valence-corrected chi connectivity index (χ2v) is 10.4. The van der Waals surface area contributed by atoms with Crippen LogP contribution in [0.2, 0.25) is 0 Å². The molecule has 1 unspecified atom stereocenters. The van der Waals surface area contributed by atoms with Crippen LogP contribution in [-0.2, 0) is 0 Å². The van der Waals surface area contributed by atoms with Crippen molar-refractivity contribution in [2.24, 2.45) is 11.3 Å². The van der Waals surface area contributed by atoms with Gasteiger partial charge in [-0.05, 0) is 49.4 Å². The van der Waals surface area contributed by atoms with E-state index in [1.807, 2.05) is 37.1 Å². The monoisotopic (exact) mass is 474 g/mol. The van der Waals surface area contributed by atoms with Gasteiger partial charge in [-0.3, -0.25) is 5.10 Å². The minimum Gasteiger partial charge on any atom is -0.358 e. The first-order valence-corrected chi connectivity index (χ1v) is 11.9. The first kappa shape index (κ1) is 24.4. The number of hydrogen-bond acceptors (Lipinski definition) is 9. The van der Waals surface area contributed by atoms with E-state index in [4.69, 9.17) is 9.97 Å². The molecule has 10 heteroatoms. The fourth-order valence-corrected chi connectivity index (χ4v) is 4.28. The van der Waals surface area contributed by atoms with Crippen molar-refractivity contribution in [3.63, 3.8) is 0 Å². The molecule has 35 heavy (non-hydrogen) atoms. The van der Waals surface area contributed by atoms with E-state index in [1.165, 1.54) is 6.33 Å². The van der Waals surface area contributed by atoms with Crippen molar-refractivity contribution in [1.29, 1.82) is 5.26 Å². The molecule has 0 saturated carbocycles. The summed E-state index contributed by atoms with van der Waals surface area (Å²) in [6, 6.07) is 8.31. The number of benzene rings is 1. The van der Waals surface area contributed by atoms with Crippen LogP contribution < -0.4 is 20.9 Å². The summed E-state index contributed by atoms with van der Waals surface area (Å²) in [7, 11) is 1.97. The van der Waals surface area contributed by atoms with Gasteiger partial charge in [0, 0.05) is 31.4 Å². The molecule has 3 heterocycles. The average Bonchev–Trinajstić information content (AvgIpc) is 3.52. The minimum absolute atomic E-state index is 0.0329. The lowest BCUT2D eigenvalue weighted by Crippen LogP contribution is -2.31. The molecule has 2 aromatic heterocycles. The van der Waals surface area contributed by atoms with Gasteiger partial charge in [-0.1, -0.05) is 32.9 Å². The number of rotatable bonds is 8. The highest BCUT2D eigenvalue weighted by atomic mass is 15.2. The zero-order chi connectivity index (χ0) is 25.0. The Labute approximate surface area is 206 Å². The predicted octanol–water partition coefficient (Wildman–Crippen LogP) is 3.69. The van der Waals surface area contributed by atoms with Crippen LogP contribution in [0.25, 0.3) is 11.4 Å². The van der Waals surface area contributed by atoms with Gasteiger partial charge in [-0.2, -0.15) is 20.3 Å². The number of anilines is 4. The molecule has 1 aromatic carbocycles. The summed E-state index contributed by atoms with van der Waals surface area (Å²) in [6.45, 7) is 12.1. The molecule has 0 bridgehead atoms. The molecule has 0 radical (unpaired) electrons. The van der Waals surface area contributed by atoms with Crippen LogP contribution in [0.5, 0.6) is 0 Å². The molecule has 1 saturated heterocycles. The van der Waals surface area contributed by atoms with Crippen molar-refractivity contribution < 1.29 is 0 Å². The van der Waals surface area contributed by atoms with E-state index in [2.05, 4.69) is 58.0 Å². The number of aryl methyl sites for hydroxylation is 1. The molecule has 1 aliphatic rings. The summed E-state index contributed by atoms with van der Waals surface area (Å²) >= 11 is 0. The molecule has 3 aromatic rings. The average molecular weight is 475 g/mol. The Bertz CT molecular complexity index is 1180. The van der Waals surface area contributed by atoms with E-state index in [1.54, 1.807) is 0 Å². The fourth-order valence-electron chi connectivity index (χ4n) is 4.28. The Morgan fingerprint density at radius 2 is 2.09 bits per heavy atom. The second kappa shape index (κ2) is 10.3. The van der Waals surface area contributed by atoms with Crippen molar-refractivity contribution in [2.45, 2.75) is 34.1 Å². The van der Waals surface area contributed by atoms with Crippen LogP contribution in [0.4, 0.5) is 23.3 Å². The number of H-pyrrole nitrogens is 1. The quantitative estimate of drug-likeness (QED) is 0.386. The first-order valence-electron chi connectivity index (χ1n) is 11.9. The summed E-state index contributed by atoms with van der Waals surface area (Å²) in [5.41, 5.74) is 3.19. The van der Waals surface area contributed by atoms with Crippen molar-refractivity contribution in [2.75, 3.05) is 48.8 Å². The summed E-state index contributed by atoms with van der Waals surface area (Å²) in [6.07, 6.45) is 2.61. The van der Waals surface area contributed by atoms with Crippen molar-refractivity contribution in [1.82, 2.24) is 30.5 Å². The topological polar surface area (TPSA) is 130 Å². The van der Waals surface area contributed by atoms with Crippen LogP contribution in [0.3, 0.4) is 0 Å². The Morgan fingerprint density at radius 1 is 1.26 bits per heavy atom. The third kappa shape index (κ3) is 6.05. The molecule has 4 N–H and O–H groups in total. The van der Waals surface area contributed by atoms with E-state index in [-0.39, 0.29) is 5.41 Å². The fraction of sp³-hybridized carbons (Fsp3) is 0.480. The van der Waals surface area contributed by atoms with Gasteiger partial charge in [0.05, 0.1) is 0 Å². The number of nitrogens with zero attached hydrogens (tertiary/aromatic N) is 6. The van der Waals surface area contributed by atoms with E-state index in [0.29, 0.717) is 34.9 Å². The molecule has 4 rings (SSSR count). The smallest absolute Gasteiger partial charge is 0.226 e. The highest BCUT2D eigenvalue weighted by Crippen LogP contribution is 2.31. The molecular formula is C25H34N10. The number of nitrogens with one attached hydrogen (secondary N) is 4. The van der Waals surface area contributed by atoms with Gasteiger partial charge in [0.15, 0.2) is 17.5 Å². The lowest BCUT2D eigenvalue weighted by Gasteiger charge is -2.28. The highest BCUT2D eigenvalue weighted by molar-refractivity contribution is 5.75. The van der Waals surface area contributed by atoms with Gasteiger partial charge >= 0.3 is 0 Å². The van der Waals surface area contributed by atoms with Gasteiger partial charge in [-0.15, -0.1) is 0 Å². The standard InChI is InChI=1S/C25H34N10/c1-16-6-7-18(21-29-15-30-34-21)10-20(16)31-22-19(11-26)23(35(5)14-25(2,3)4)33-24(32-22)28-13-17-8-9-27-12-17/h6-7,10,15,17,27H,8-9,12-14H2,1-5H3,(H,29,30,34)(H2,28,31,32,33). The van der Waals surface area contributed by atoms with Crippen molar-refractivity contribution in [3.8, 4) is 17.5 Å².